The zero-order valence-corrected chi connectivity index (χ0v) is 15.7. The molecule has 0 spiro atoms. The van der Waals surface area contributed by atoms with E-state index in [9.17, 15) is 9.59 Å². The molecule has 0 aliphatic heterocycles. The molecule has 7 heteroatoms. The van der Waals surface area contributed by atoms with Crippen molar-refractivity contribution in [2.75, 3.05) is 34.5 Å². The summed E-state index contributed by atoms with van der Waals surface area (Å²) in [5.74, 6) is 2.04. The van der Waals surface area contributed by atoms with Gasteiger partial charge in [0.25, 0.3) is 0 Å². The molecular weight excluding hydrogens is 340 g/mol. The molecule has 0 radical (unpaired) electrons. The standard InChI is InChI=1S/C19H24O7/c1-7-9-26-12(3)13-10-15(22-4)18(23-5)19(24-6)17(13)14(20)11-16(21)25-8-2/h1,10,12H,8-9,11H2,2-6H3/t12-/m1/s1. The Kier molecular flexibility index (Phi) is 8.46. The molecule has 0 aromatic heterocycles. The quantitative estimate of drug-likeness (QED) is 0.273. The van der Waals surface area contributed by atoms with Crippen LogP contribution in [0.4, 0.5) is 0 Å². The Morgan fingerprint density at radius 2 is 1.81 bits per heavy atom. The summed E-state index contributed by atoms with van der Waals surface area (Å²) >= 11 is 0. The molecule has 26 heavy (non-hydrogen) atoms. The topological polar surface area (TPSA) is 80.3 Å². The minimum atomic E-state index is -0.627. The number of carbonyl (C=O) groups is 2. The Bertz CT molecular complexity index is 688. The average molecular weight is 364 g/mol. The van der Waals surface area contributed by atoms with Gasteiger partial charge in [0.05, 0.1) is 39.6 Å². The number of ether oxygens (including phenoxy) is 5. The third-order valence-electron chi connectivity index (χ3n) is 3.60. The summed E-state index contributed by atoms with van der Waals surface area (Å²) in [7, 11) is 4.29. The second-order valence-corrected chi connectivity index (χ2v) is 5.17. The first-order valence-electron chi connectivity index (χ1n) is 8.01. The van der Waals surface area contributed by atoms with Gasteiger partial charge in [0.1, 0.15) is 13.0 Å². The predicted molar refractivity (Wildman–Crippen MR) is 94.9 cm³/mol. The first kappa shape index (κ1) is 21.3. The second-order valence-electron chi connectivity index (χ2n) is 5.17. The number of ketones is 1. The summed E-state index contributed by atoms with van der Waals surface area (Å²) < 4.78 is 26.4. The Balaban J connectivity index is 3.52. The number of rotatable bonds is 10. The van der Waals surface area contributed by atoms with Gasteiger partial charge in [-0.05, 0) is 25.5 Å². The van der Waals surface area contributed by atoms with Crippen LogP contribution in [0, 0.1) is 12.3 Å². The van der Waals surface area contributed by atoms with Crippen molar-refractivity contribution in [2.24, 2.45) is 0 Å². The van der Waals surface area contributed by atoms with Gasteiger partial charge < -0.3 is 23.7 Å². The smallest absolute Gasteiger partial charge is 0.313 e. The van der Waals surface area contributed by atoms with Crippen LogP contribution in [0.25, 0.3) is 0 Å². The molecule has 0 saturated carbocycles. The molecule has 0 fully saturated rings. The van der Waals surface area contributed by atoms with Crippen molar-refractivity contribution in [3.05, 3.63) is 17.2 Å². The normalized spacial score (nSPS) is 11.2. The van der Waals surface area contributed by atoms with E-state index in [0.29, 0.717) is 11.3 Å². The SMILES string of the molecule is C#CCO[C@H](C)c1cc(OC)c(OC)c(OC)c1C(=O)CC(=O)OCC. The van der Waals surface area contributed by atoms with E-state index >= 15 is 0 Å². The van der Waals surface area contributed by atoms with Gasteiger partial charge in [-0.3, -0.25) is 9.59 Å². The van der Waals surface area contributed by atoms with E-state index in [1.807, 2.05) is 0 Å². The summed E-state index contributed by atoms with van der Waals surface area (Å²) in [6, 6.07) is 1.61. The van der Waals surface area contributed by atoms with Crippen molar-refractivity contribution in [1.82, 2.24) is 0 Å². The molecule has 142 valence electrons. The number of hydrogen-bond acceptors (Lipinski definition) is 7. The molecule has 0 aliphatic carbocycles. The summed E-state index contributed by atoms with van der Waals surface area (Å²) in [4.78, 5) is 24.6. The van der Waals surface area contributed by atoms with Crippen molar-refractivity contribution in [1.29, 1.82) is 0 Å². The second kappa shape index (κ2) is 10.3. The van der Waals surface area contributed by atoms with E-state index in [4.69, 9.17) is 30.1 Å². The van der Waals surface area contributed by atoms with Crippen molar-refractivity contribution in [2.45, 2.75) is 26.4 Å². The molecule has 0 amide bonds. The number of Topliss-reactive ketones (excluding diaryl/α,β-unsaturated/α-hetero) is 1. The highest BCUT2D eigenvalue weighted by Gasteiger charge is 2.29. The third-order valence-corrected chi connectivity index (χ3v) is 3.60. The maximum absolute atomic E-state index is 12.8. The molecule has 0 aliphatic rings. The molecule has 1 rings (SSSR count). The Morgan fingerprint density at radius 3 is 2.31 bits per heavy atom. The maximum Gasteiger partial charge on any atom is 0.313 e. The number of carbonyl (C=O) groups excluding carboxylic acids is 2. The first-order chi connectivity index (χ1) is 12.4. The number of hydrogen-bond donors (Lipinski definition) is 0. The van der Waals surface area contributed by atoms with E-state index in [1.165, 1.54) is 21.3 Å². The van der Waals surface area contributed by atoms with E-state index in [2.05, 4.69) is 5.92 Å². The lowest BCUT2D eigenvalue weighted by atomic mass is 9.95. The lowest BCUT2D eigenvalue weighted by molar-refractivity contribution is -0.141. The summed E-state index contributed by atoms with van der Waals surface area (Å²) in [6.45, 7) is 3.65. The van der Waals surface area contributed by atoms with Crippen LogP contribution in [0.3, 0.4) is 0 Å². The van der Waals surface area contributed by atoms with Crippen molar-refractivity contribution >= 4 is 11.8 Å². The van der Waals surface area contributed by atoms with Crippen LogP contribution in [0.2, 0.25) is 0 Å². The number of esters is 1. The zero-order valence-electron chi connectivity index (χ0n) is 15.7. The van der Waals surface area contributed by atoms with Gasteiger partial charge in [0, 0.05) is 0 Å². The summed E-state index contributed by atoms with van der Waals surface area (Å²) in [6.07, 6.45) is 4.26. The minimum absolute atomic E-state index is 0.0589. The lowest BCUT2D eigenvalue weighted by Crippen LogP contribution is -2.16. The fourth-order valence-electron chi connectivity index (χ4n) is 2.48. The number of benzene rings is 1. The molecule has 0 saturated heterocycles. The molecule has 0 bridgehead atoms. The van der Waals surface area contributed by atoms with Crippen LogP contribution in [-0.4, -0.2) is 46.3 Å². The molecule has 7 nitrogen and oxygen atoms in total. The van der Waals surface area contributed by atoms with Crippen molar-refractivity contribution in [3.63, 3.8) is 0 Å². The van der Waals surface area contributed by atoms with Gasteiger partial charge >= 0.3 is 5.97 Å². The third kappa shape index (κ3) is 4.90. The van der Waals surface area contributed by atoms with Crippen LogP contribution in [-0.2, 0) is 14.3 Å². The zero-order chi connectivity index (χ0) is 19.7. The van der Waals surface area contributed by atoms with E-state index in [0.717, 1.165) is 0 Å². The first-order valence-corrected chi connectivity index (χ1v) is 8.01. The Morgan fingerprint density at radius 1 is 1.15 bits per heavy atom. The number of methoxy groups -OCH3 is 3. The van der Waals surface area contributed by atoms with Gasteiger partial charge in [-0.2, -0.15) is 0 Å². The largest absolute Gasteiger partial charge is 0.493 e. The molecular formula is C19H24O7. The van der Waals surface area contributed by atoms with Crippen LogP contribution >= 0.6 is 0 Å². The Labute approximate surface area is 153 Å². The highest BCUT2D eigenvalue weighted by molar-refractivity contribution is 6.09. The van der Waals surface area contributed by atoms with Crippen LogP contribution < -0.4 is 14.2 Å². The van der Waals surface area contributed by atoms with Crippen LogP contribution in [0.5, 0.6) is 17.2 Å². The molecule has 0 unspecified atom stereocenters. The molecule has 1 aromatic carbocycles. The highest BCUT2D eigenvalue weighted by atomic mass is 16.5. The van der Waals surface area contributed by atoms with Gasteiger partial charge in [0.15, 0.2) is 17.3 Å². The lowest BCUT2D eigenvalue weighted by Gasteiger charge is -2.22. The van der Waals surface area contributed by atoms with E-state index < -0.39 is 24.3 Å². The van der Waals surface area contributed by atoms with Crippen molar-refractivity contribution < 1.29 is 33.3 Å². The minimum Gasteiger partial charge on any atom is -0.493 e. The number of terminal acetylenes is 1. The Hall–Kier alpha value is -2.72. The van der Waals surface area contributed by atoms with E-state index in [-0.39, 0.29) is 30.3 Å². The molecule has 0 heterocycles. The molecule has 0 N–H and O–H groups in total. The van der Waals surface area contributed by atoms with Crippen LogP contribution in [0.15, 0.2) is 6.07 Å². The van der Waals surface area contributed by atoms with Gasteiger partial charge in [0.2, 0.25) is 5.75 Å². The maximum atomic E-state index is 12.8. The van der Waals surface area contributed by atoms with Gasteiger partial charge in [-0.25, -0.2) is 0 Å². The highest BCUT2D eigenvalue weighted by Crippen LogP contribution is 2.44. The fraction of sp³-hybridized carbons (Fsp3) is 0.474. The fourth-order valence-corrected chi connectivity index (χ4v) is 2.48. The van der Waals surface area contributed by atoms with E-state index in [1.54, 1.807) is 19.9 Å². The van der Waals surface area contributed by atoms with Gasteiger partial charge in [-0.15, -0.1) is 6.42 Å². The molecule has 1 atom stereocenters. The molecule has 1 aromatic rings. The van der Waals surface area contributed by atoms with Crippen LogP contribution in [0.1, 0.15) is 42.3 Å². The summed E-state index contributed by atoms with van der Waals surface area (Å²) in [5.41, 5.74) is 0.645. The summed E-state index contributed by atoms with van der Waals surface area (Å²) in [5, 5.41) is 0. The predicted octanol–water partition coefficient (Wildman–Crippen LogP) is 2.56. The monoisotopic (exact) mass is 364 g/mol. The van der Waals surface area contributed by atoms with Gasteiger partial charge in [-0.1, -0.05) is 5.92 Å². The average Bonchev–Trinajstić information content (AvgIpc) is 2.63. The van der Waals surface area contributed by atoms with Crippen molar-refractivity contribution in [3.8, 4) is 29.6 Å².